The molecular weight excluding hydrogens is 182 g/mol. The highest BCUT2D eigenvalue weighted by molar-refractivity contribution is 5.29. The first-order valence-corrected chi connectivity index (χ1v) is 6.04. The first-order valence-electron chi connectivity index (χ1n) is 6.04. The van der Waals surface area contributed by atoms with E-state index in [0.29, 0.717) is 5.92 Å². The van der Waals surface area contributed by atoms with Crippen molar-refractivity contribution in [3.05, 3.63) is 35.4 Å². The van der Waals surface area contributed by atoms with E-state index in [4.69, 9.17) is 5.73 Å². The summed E-state index contributed by atoms with van der Waals surface area (Å²) in [4.78, 5) is 0. The number of hydrogen-bond donors (Lipinski definition) is 1. The van der Waals surface area contributed by atoms with Gasteiger partial charge in [-0.05, 0) is 35.8 Å². The van der Waals surface area contributed by atoms with E-state index in [1.165, 1.54) is 30.4 Å². The molecular formula is C14H21N. The average Bonchev–Trinajstić information content (AvgIpc) is 2.14. The Morgan fingerprint density at radius 3 is 2.53 bits per heavy atom. The molecule has 1 aromatic rings. The third kappa shape index (κ3) is 2.23. The van der Waals surface area contributed by atoms with Crippen LogP contribution >= 0.6 is 0 Å². The Morgan fingerprint density at radius 2 is 2.00 bits per heavy atom. The molecule has 1 aromatic carbocycles. The fourth-order valence-electron chi connectivity index (χ4n) is 2.15. The van der Waals surface area contributed by atoms with E-state index in [0.717, 1.165) is 5.92 Å². The molecule has 1 heteroatoms. The van der Waals surface area contributed by atoms with Crippen molar-refractivity contribution in [3.8, 4) is 0 Å². The highest BCUT2D eigenvalue weighted by Crippen LogP contribution is 2.37. The van der Waals surface area contributed by atoms with E-state index in [-0.39, 0.29) is 6.04 Å². The summed E-state index contributed by atoms with van der Waals surface area (Å²) in [5.74, 6) is 1.32. The summed E-state index contributed by atoms with van der Waals surface area (Å²) in [5, 5.41) is 0. The van der Waals surface area contributed by atoms with Gasteiger partial charge in [0.15, 0.2) is 0 Å². The monoisotopic (exact) mass is 203 g/mol. The predicted molar refractivity (Wildman–Crippen MR) is 64.8 cm³/mol. The van der Waals surface area contributed by atoms with Gasteiger partial charge in [0.05, 0.1) is 0 Å². The first-order chi connectivity index (χ1) is 7.18. The van der Waals surface area contributed by atoms with Gasteiger partial charge in [0.25, 0.3) is 0 Å². The highest BCUT2D eigenvalue weighted by Gasteiger charge is 2.20. The van der Waals surface area contributed by atoms with Crippen LogP contribution < -0.4 is 5.73 Å². The van der Waals surface area contributed by atoms with Crippen molar-refractivity contribution in [2.45, 2.75) is 45.1 Å². The van der Waals surface area contributed by atoms with Crippen LogP contribution in [0.3, 0.4) is 0 Å². The summed E-state index contributed by atoms with van der Waals surface area (Å²) in [6.45, 7) is 4.36. The Morgan fingerprint density at radius 1 is 1.27 bits per heavy atom. The van der Waals surface area contributed by atoms with Crippen LogP contribution in [0, 0.1) is 5.92 Å². The lowest BCUT2D eigenvalue weighted by Gasteiger charge is -2.27. The third-order valence-corrected chi connectivity index (χ3v) is 3.59. The lowest BCUT2D eigenvalue weighted by atomic mass is 9.79. The van der Waals surface area contributed by atoms with Crippen LogP contribution in [-0.2, 0) is 0 Å². The molecule has 15 heavy (non-hydrogen) atoms. The standard InChI is InChI=1S/C14H21N/c1-10(2)14(15)13-8-4-7-12(9-13)11-5-3-6-11/h4,7-11,14H,3,5-6,15H2,1-2H3. The maximum absolute atomic E-state index is 6.17. The summed E-state index contributed by atoms with van der Waals surface area (Å²) in [5.41, 5.74) is 8.96. The molecule has 1 nitrogen and oxygen atoms in total. The molecule has 1 fully saturated rings. The third-order valence-electron chi connectivity index (χ3n) is 3.59. The maximum Gasteiger partial charge on any atom is 0.0318 e. The lowest BCUT2D eigenvalue weighted by molar-refractivity contribution is 0.418. The van der Waals surface area contributed by atoms with Crippen LogP contribution in [0.25, 0.3) is 0 Å². The van der Waals surface area contributed by atoms with Crippen LogP contribution in [0.1, 0.15) is 56.2 Å². The SMILES string of the molecule is CC(C)C(N)c1cccc(C2CCC2)c1. The first kappa shape index (κ1) is 10.7. The van der Waals surface area contributed by atoms with E-state index < -0.39 is 0 Å². The summed E-state index contributed by atoms with van der Waals surface area (Å²) in [7, 11) is 0. The molecule has 1 saturated carbocycles. The van der Waals surface area contributed by atoms with Crippen LogP contribution in [0.15, 0.2) is 24.3 Å². The highest BCUT2D eigenvalue weighted by atomic mass is 14.6. The molecule has 1 aliphatic rings. The van der Waals surface area contributed by atoms with E-state index in [1.807, 2.05) is 0 Å². The smallest absolute Gasteiger partial charge is 0.0318 e. The summed E-state index contributed by atoms with van der Waals surface area (Å²) >= 11 is 0. The van der Waals surface area contributed by atoms with E-state index in [2.05, 4.69) is 38.1 Å². The van der Waals surface area contributed by atoms with Crippen molar-refractivity contribution in [1.82, 2.24) is 0 Å². The largest absolute Gasteiger partial charge is 0.324 e. The zero-order valence-electron chi connectivity index (χ0n) is 9.74. The van der Waals surface area contributed by atoms with Gasteiger partial charge in [-0.2, -0.15) is 0 Å². The average molecular weight is 203 g/mol. The second-order valence-electron chi connectivity index (χ2n) is 5.07. The molecule has 82 valence electrons. The van der Waals surface area contributed by atoms with Crippen molar-refractivity contribution < 1.29 is 0 Å². The fraction of sp³-hybridized carbons (Fsp3) is 0.571. The van der Waals surface area contributed by atoms with Crippen LogP contribution in [0.5, 0.6) is 0 Å². The van der Waals surface area contributed by atoms with Crippen molar-refractivity contribution >= 4 is 0 Å². The van der Waals surface area contributed by atoms with Crippen molar-refractivity contribution in [2.24, 2.45) is 11.7 Å². The van der Waals surface area contributed by atoms with Gasteiger partial charge in [0.1, 0.15) is 0 Å². The maximum atomic E-state index is 6.17. The Hall–Kier alpha value is -0.820. The second-order valence-corrected chi connectivity index (χ2v) is 5.07. The molecule has 0 amide bonds. The summed E-state index contributed by atoms with van der Waals surface area (Å²) in [6, 6.07) is 9.07. The fourth-order valence-corrected chi connectivity index (χ4v) is 2.15. The molecule has 1 aliphatic carbocycles. The number of nitrogens with two attached hydrogens (primary N) is 1. The minimum Gasteiger partial charge on any atom is -0.324 e. The Balaban J connectivity index is 2.18. The van der Waals surface area contributed by atoms with E-state index in [9.17, 15) is 0 Å². The quantitative estimate of drug-likeness (QED) is 0.798. The van der Waals surface area contributed by atoms with Crippen molar-refractivity contribution in [2.75, 3.05) is 0 Å². The molecule has 2 rings (SSSR count). The molecule has 0 spiro atoms. The van der Waals surface area contributed by atoms with Crippen molar-refractivity contribution in [3.63, 3.8) is 0 Å². The number of hydrogen-bond acceptors (Lipinski definition) is 1. The Bertz CT molecular complexity index is 326. The summed E-state index contributed by atoms with van der Waals surface area (Å²) < 4.78 is 0. The van der Waals surface area contributed by atoms with Gasteiger partial charge in [-0.3, -0.25) is 0 Å². The van der Waals surface area contributed by atoms with Gasteiger partial charge in [0.2, 0.25) is 0 Å². The molecule has 1 unspecified atom stereocenters. The minimum absolute atomic E-state index is 0.185. The van der Waals surface area contributed by atoms with E-state index >= 15 is 0 Å². The number of benzene rings is 1. The van der Waals surface area contributed by atoms with Gasteiger partial charge in [-0.1, -0.05) is 44.5 Å². The van der Waals surface area contributed by atoms with Gasteiger partial charge in [-0.25, -0.2) is 0 Å². The second kappa shape index (κ2) is 4.36. The zero-order valence-corrected chi connectivity index (χ0v) is 9.74. The van der Waals surface area contributed by atoms with Gasteiger partial charge in [0, 0.05) is 6.04 Å². The molecule has 0 radical (unpaired) electrons. The molecule has 0 saturated heterocycles. The molecule has 0 heterocycles. The lowest BCUT2D eigenvalue weighted by Crippen LogP contribution is -2.17. The summed E-state index contributed by atoms with van der Waals surface area (Å²) in [6.07, 6.45) is 4.12. The van der Waals surface area contributed by atoms with Gasteiger partial charge < -0.3 is 5.73 Å². The Kier molecular flexibility index (Phi) is 3.11. The molecule has 0 bridgehead atoms. The minimum atomic E-state index is 0.185. The van der Waals surface area contributed by atoms with E-state index in [1.54, 1.807) is 0 Å². The molecule has 1 atom stereocenters. The van der Waals surface area contributed by atoms with Gasteiger partial charge >= 0.3 is 0 Å². The van der Waals surface area contributed by atoms with Crippen LogP contribution in [0.4, 0.5) is 0 Å². The zero-order chi connectivity index (χ0) is 10.8. The van der Waals surface area contributed by atoms with Crippen molar-refractivity contribution in [1.29, 1.82) is 0 Å². The molecule has 2 N–H and O–H groups in total. The number of rotatable bonds is 3. The topological polar surface area (TPSA) is 26.0 Å². The normalized spacial score (nSPS) is 18.9. The predicted octanol–water partition coefficient (Wildman–Crippen LogP) is 3.61. The molecule has 0 aromatic heterocycles. The van der Waals surface area contributed by atoms with Gasteiger partial charge in [-0.15, -0.1) is 0 Å². The van der Waals surface area contributed by atoms with Crippen LogP contribution in [-0.4, -0.2) is 0 Å². The van der Waals surface area contributed by atoms with Crippen LogP contribution in [0.2, 0.25) is 0 Å². The Labute approximate surface area is 92.7 Å². The molecule has 0 aliphatic heterocycles.